The summed E-state index contributed by atoms with van der Waals surface area (Å²) >= 11 is 10.3. The summed E-state index contributed by atoms with van der Waals surface area (Å²) in [6.07, 6.45) is 0. The number of nitrogens with one attached hydrogen (secondary N) is 1. The average Bonchev–Trinajstić information content (AvgIpc) is 2.09. The van der Waals surface area contributed by atoms with Crippen LogP contribution in [0.1, 0.15) is 0 Å². The van der Waals surface area contributed by atoms with Gasteiger partial charge in [-0.05, 0) is 51.0 Å². The zero-order valence-electron chi connectivity index (χ0n) is 7.61. The van der Waals surface area contributed by atoms with Crippen LogP contribution >= 0.6 is 47.8 Å². The third kappa shape index (κ3) is 3.53. The summed E-state index contributed by atoms with van der Waals surface area (Å²) in [6, 6.07) is 3.92. The highest BCUT2D eigenvalue weighted by atomic mass is 79.9. The minimum atomic E-state index is 0.648. The van der Waals surface area contributed by atoms with Crippen molar-refractivity contribution >= 4 is 47.8 Å². The molecule has 14 heavy (non-hydrogen) atoms. The van der Waals surface area contributed by atoms with Crippen molar-refractivity contribution in [3.63, 3.8) is 0 Å². The second-order valence-corrected chi connectivity index (χ2v) is 5.27. The van der Waals surface area contributed by atoms with Crippen molar-refractivity contribution in [1.29, 1.82) is 0 Å². The van der Waals surface area contributed by atoms with Crippen LogP contribution in [0.25, 0.3) is 0 Å². The summed E-state index contributed by atoms with van der Waals surface area (Å²) in [5.41, 5.74) is 0. The second-order valence-electron chi connectivity index (χ2n) is 2.65. The van der Waals surface area contributed by atoms with Crippen LogP contribution in [0.3, 0.4) is 0 Å². The Hall–Kier alpha value is 0.420. The van der Waals surface area contributed by atoms with E-state index in [-0.39, 0.29) is 0 Å². The van der Waals surface area contributed by atoms with Gasteiger partial charge in [-0.2, -0.15) is 0 Å². The van der Waals surface area contributed by atoms with Gasteiger partial charge in [-0.25, -0.2) is 0 Å². The van der Waals surface area contributed by atoms with Crippen LogP contribution in [0.5, 0.6) is 5.75 Å². The highest BCUT2D eigenvalue weighted by Crippen LogP contribution is 2.36. The van der Waals surface area contributed by atoms with E-state index in [9.17, 15) is 0 Å². The zero-order chi connectivity index (χ0) is 10.6. The molecule has 0 fully saturated rings. The van der Waals surface area contributed by atoms with E-state index in [0.717, 1.165) is 25.7 Å². The Morgan fingerprint density at radius 1 is 1.21 bits per heavy atom. The van der Waals surface area contributed by atoms with Crippen LogP contribution in [0.4, 0.5) is 0 Å². The number of hydrogen-bond donors (Lipinski definition) is 1. The molecule has 0 aliphatic carbocycles. The molecule has 1 aromatic rings. The van der Waals surface area contributed by atoms with Crippen LogP contribution < -0.4 is 10.1 Å². The van der Waals surface area contributed by atoms with E-state index in [1.165, 1.54) is 0 Å². The van der Waals surface area contributed by atoms with Gasteiger partial charge in [0, 0.05) is 11.0 Å². The van der Waals surface area contributed by atoms with Crippen LogP contribution in [0.2, 0.25) is 0 Å². The lowest BCUT2D eigenvalue weighted by Gasteiger charge is -2.10. The molecule has 2 nitrogen and oxygen atoms in total. The van der Waals surface area contributed by atoms with Gasteiger partial charge in [0.1, 0.15) is 12.4 Å². The minimum Gasteiger partial charge on any atom is -0.490 e. The molecule has 0 atom stereocenters. The molecule has 0 amide bonds. The number of rotatable bonds is 4. The van der Waals surface area contributed by atoms with Crippen LogP contribution in [0, 0.1) is 0 Å². The van der Waals surface area contributed by atoms with E-state index in [1.54, 1.807) is 0 Å². The van der Waals surface area contributed by atoms with Crippen molar-refractivity contribution in [3.05, 3.63) is 25.6 Å². The molecule has 0 aliphatic rings. The maximum atomic E-state index is 5.59. The summed E-state index contributed by atoms with van der Waals surface area (Å²) in [5, 5.41) is 3.02. The molecule has 0 unspecified atom stereocenters. The molecule has 1 N–H and O–H groups in total. The molecule has 0 radical (unpaired) electrons. The predicted octanol–water partition coefficient (Wildman–Crippen LogP) is 3.57. The summed E-state index contributed by atoms with van der Waals surface area (Å²) in [4.78, 5) is 0. The molecular formula is C9H10Br3NO. The topological polar surface area (TPSA) is 21.3 Å². The van der Waals surface area contributed by atoms with Gasteiger partial charge in [0.2, 0.25) is 0 Å². The quantitative estimate of drug-likeness (QED) is 0.797. The highest BCUT2D eigenvalue weighted by molar-refractivity contribution is 9.11. The van der Waals surface area contributed by atoms with Gasteiger partial charge >= 0.3 is 0 Å². The molecule has 0 bridgehead atoms. The number of benzene rings is 1. The lowest BCUT2D eigenvalue weighted by Crippen LogP contribution is -2.16. The third-order valence-electron chi connectivity index (χ3n) is 1.56. The van der Waals surface area contributed by atoms with Crippen molar-refractivity contribution in [1.82, 2.24) is 5.32 Å². The predicted molar refractivity (Wildman–Crippen MR) is 69.0 cm³/mol. The molecule has 1 rings (SSSR count). The van der Waals surface area contributed by atoms with E-state index in [0.29, 0.717) is 6.61 Å². The summed E-state index contributed by atoms with van der Waals surface area (Å²) < 4.78 is 8.48. The Morgan fingerprint density at radius 2 is 1.79 bits per heavy atom. The van der Waals surface area contributed by atoms with Crippen molar-refractivity contribution in [2.24, 2.45) is 0 Å². The summed E-state index contributed by atoms with van der Waals surface area (Å²) in [5.74, 6) is 0.837. The first-order valence-electron chi connectivity index (χ1n) is 4.07. The van der Waals surface area contributed by atoms with Crippen LogP contribution in [0.15, 0.2) is 25.6 Å². The Bertz CT molecular complexity index is 294. The van der Waals surface area contributed by atoms with Crippen molar-refractivity contribution < 1.29 is 4.74 Å². The average molecular weight is 388 g/mol. The first-order chi connectivity index (χ1) is 6.65. The van der Waals surface area contributed by atoms with Gasteiger partial charge in [-0.15, -0.1) is 0 Å². The van der Waals surface area contributed by atoms with E-state index in [2.05, 4.69) is 53.1 Å². The lowest BCUT2D eigenvalue weighted by molar-refractivity contribution is 0.314. The monoisotopic (exact) mass is 385 g/mol. The first-order valence-corrected chi connectivity index (χ1v) is 6.45. The Labute approximate surface area is 109 Å². The van der Waals surface area contributed by atoms with Crippen molar-refractivity contribution in [2.75, 3.05) is 20.2 Å². The van der Waals surface area contributed by atoms with E-state index >= 15 is 0 Å². The molecular weight excluding hydrogens is 378 g/mol. The van der Waals surface area contributed by atoms with E-state index < -0.39 is 0 Å². The smallest absolute Gasteiger partial charge is 0.147 e. The lowest BCUT2D eigenvalue weighted by atomic mass is 10.3. The molecule has 0 heterocycles. The van der Waals surface area contributed by atoms with E-state index in [1.807, 2.05) is 19.2 Å². The van der Waals surface area contributed by atoms with Crippen LogP contribution in [-0.2, 0) is 0 Å². The molecule has 0 saturated carbocycles. The standard InChI is InChI=1S/C9H10Br3NO/c1-13-2-3-14-9-7(11)4-6(10)5-8(9)12/h4-5,13H,2-3H2,1H3. The molecule has 78 valence electrons. The summed E-state index contributed by atoms with van der Waals surface area (Å²) in [6.45, 7) is 1.48. The number of halogens is 3. The third-order valence-corrected chi connectivity index (χ3v) is 3.20. The first kappa shape index (κ1) is 12.5. The number of ether oxygens (including phenoxy) is 1. The zero-order valence-corrected chi connectivity index (χ0v) is 12.4. The Morgan fingerprint density at radius 3 is 2.29 bits per heavy atom. The Kier molecular flexibility index (Phi) is 5.44. The molecule has 0 aromatic heterocycles. The van der Waals surface area contributed by atoms with Gasteiger partial charge in [0.05, 0.1) is 8.95 Å². The normalized spacial score (nSPS) is 10.3. The Balaban J connectivity index is 2.75. The SMILES string of the molecule is CNCCOc1c(Br)cc(Br)cc1Br. The minimum absolute atomic E-state index is 0.648. The van der Waals surface area contributed by atoms with Gasteiger partial charge in [0.25, 0.3) is 0 Å². The van der Waals surface area contributed by atoms with E-state index in [4.69, 9.17) is 4.74 Å². The van der Waals surface area contributed by atoms with Gasteiger partial charge < -0.3 is 10.1 Å². The maximum Gasteiger partial charge on any atom is 0.147 e. The molecule has 0 aliphatic heterocycles. The van der Waals surface area contributed by atoms with Crippen molar-refractivity contribution in [3.8, 4) is 5.75 Å². The fraction of sp³-hybridized carbons (Fsp3) is 0.333. The summed E-state index contributed by atoms with van der Waals surface area (Å²) in [7, 11) is 1.90. The van der Waals surface area contributed by atoms with Crippen molar-refractivity contribution in [2.45, 2.75) is 0 Å². The molecule has 5 heteroatoms. The van der Waals surface area contributed by atoms with Gasteiger partial charge in [-0.3, -0.25) is 0 Å². The second kappa shape index (κ2) is 6.10. The molecule has 1 aromatic carbocycles. The fourth-order valence-electron chi connectivity index (χ4n) is 0.922. The largest absolute Gasteiger partial charge is 0.490 e. The number of likely N-dealkylation sites (N-methyl/N-ethyl adjacent to an activating group) is 1. The van der Waals surface area contributed by atoms with Crippen LogP contribution in [-0.4, -0.2) is 20.2 Å². The molecule has 0 saturated heterocycles. The number of hydrogen-bond acceptors (Lipinski definition) is 2. The van der Waals surface area contributed by atoms with Gasteiger partial charge in [-0.1, -0.05) is 15.9 Å². The maximum absolute atomic E-state index is 5.59. The highest BCUT2D eigenvalue weighted by Gasteiger charge is 2.07. The fourth-order valence-corrected chi connectivity index (χ4v) is 3.41. The molecule has 0 spiro atoms. The van der Waals surface area contributed by atoms with Gasteiger partial charge in [0.15, 0.2) is 0 Å².